The van der Waals surface area contributed by atoms with Crippen molar-refractivity contribution in [1.29, 1.82) is 0 Å². The molecular formula is C31H40BrN5O3. The molecule has 0 unspecified atom stereocenters. The Bertz CT molecular complexity index is 1380. The Hall–Kier alpha value is -2.91. The molecular weight excluding hydrogens is 570 g/mol. The van der Waals surface area contributed by atoms with Crippen LogP contribution in [0, 0.1) is 5.41 Å². The second kappa shape index (κ2) is 11.5. The molecule has 2 fully saturated rings. The molecule has 3 aromatic rings. The molecule has 5 rings (SSSR count). The molecule has 1 saturated heterocycles. The van der Waals surface area contributed by atoms with Crippen LogP contribution in [0.25, 0.3) is 10.9 Å². The van der Waals surface area contributed by atoms with Crippen LogP contribution in [-0.4, -0.2) is 60.6 Å². The third kappa shape index (κ3) is 6.36. The Morgan fingerprint density at radius 1 is 1.20 bits per heavy atom. The van der Waals surface area contributed by atoms with Gasteiger partial charge in [-0.2, -0.15) is 9.97 Å². The van der Waals surface area contributed by atoms with Gasteiger partial charge in [0.15, 0.2) is 5.75 Å². The Morgan fingerprint density at radius 3 is 2.52 bits per heavy atom. The van der Waals surface area contributed by atoms with Gasteiger partial charge in [0.25, 0.3) is 0 Å². The number of nitrogens with two attached hydrogens (primary N) is 1. The molecule has 2 aliphatic rings. The number of anilines is 1. The first kappa shape index (κ1) is 28.6. The first-order valence-corrected chi connectivity index (χ1v) is 14.9. The minimum Gasteiger partial charge on any atom is -0.483 e. The van der Waals surface area contributed by atoms with Gasteiger partial charge < -0.3 is 25.0 Å². The summed E-state index contributed by atoms with van der Waals surface area (Å²) >= 11 is 3.90. The highest BCUT2D eigenvalue weighted by Crippen LogP contribution is 2.50. The van der Waals surface area contributed by atoms with E-state index in [9.17, 15) is 4.79 Å². The summed E-state index contributed by atoms with van der Waals surface area (Å²) in [6.45, 7) is 8.50. The van der Waals surface area contributed by atoms with Crippen molar-refractivity contribution in [2.45, 2.75) is 64.5 Å². The lowest BCUT2D eigenvalue weighted by molar-refractivity contribution is -0.118. The van der Waals surface area contributed by atoms with E-state index < -0.39 is 0 Å². The Morgan fingerprint density at radius 2 is 1.93 bits per heavy atom. The first-order valence-electron chi connectivity index (χ1n) is 14.1. The van der Waals surface area contributed by atoms with E-state index in [4.69, 9.17) is 25.2 Å². The smallest absolute Gasteiger partial charge is 0.319 e. The lowest BCUT2D eigenvalue weighted by Gasteiger charge is -2.42. The molecule has 2 aromatic carbocycles. The lowest BCUT2D eigenvalue weighted by atomic mass is 9.94. The van der Waals surface area contributed by atoms with Crippen molar-refractivity contribution in [2.75, 3.05) is 38.7 Å². The van der Waals surface area contributed by atoms with E-state index in [1.807, 2.05) is 18.2 Å². The Labute approximate surface area is 245 Å². The van der Waals surface area contributed by atoms with E-state index in [0.29, 0.717) is 29.8 Å². The van der Waals surface area contributed by atoms with E-state index in [1.54, 1.807) is 0 Å². The molecule has 0 bridgehead atoms. The lowest BCUT2D eigenvalue weighted by Crippen LogP contribution is -2.50. The maximum atomic E-state index is 11.8. The second-order valence-corrected chi connectivity index (χ2v) is 13.1. The molecule has 1 amide bonds. The summed E-state index contributed by atoms with van der Waals surface area (Å²) < 4.78 is 13.9. The molecule has 214 valence electrons. The normalized spacial score (nSPS) is 18.1. The third-order valence-electron chi connectivity index (χ3n) is 7.64. The number of halogens is 1. The largest absolute Gasteiger partial charge is 0.483 e. The predicted octanol–water partition coefficient (Wildman–Crippen LogP) is 5.83. The van der Waals surface area contributed by atoms with Crippen LogP contribution < -0.4 is 20.1 Å². The molecule has 1 aliphatic heterocycles. The van der Waals surface area contributed by atoms with Crippen molar-refractivity contribution in [1.82, 2.24) is 14.9 Å². The number of carbonyl (C=O) groups excluding carboxylic acids is 1. The monoisotopic (exact) mass is 609 g/mol. The summed E-state index contributed by atoms with van der Waals surface area (Å²) in [5, 5.41) is 0.912. The van der Waals surface area contributed by atoms with Crippen LogP contribution in [-0.2, 0) is 4.79 Å². The van der Waals surface area contributed by atoms with Gasteiger partial charge >= 0.3 is 6.01 Å². The van der Waals surface area contributed by atoms with Gasteiger partial charge in [-0.25, -0.2) is 0 Å². The number of benzene rings is 2. The van der Waals surface area contributed by atoms with Crippen LogP contribution in [0.3, 0.4) is 0 Å². The highest BCUT2D eigenvalue weighted by Gasteiger charge is 2.35. The van der Waals surface area contributed by atoms with Crippen molar-refractivity contribution in [3.05, 3.63) is 52.0 Å². The Balaban J connectivity index is 1.62. The van der Waals surface area contributed by atoms with Gasteiger partial charge in [-0.3, -0.25) is 4.79 Å². The van der Waals surface area contributed by atoms with Gasteiger partial charge in [0.05, 0.1) is 11.1 Å². The number of primary amides is 1. The van der Waals surface area contributed by atoms with Crippen molar-refractivity contribution >= 4 is 38.6 Å². The average molecular weight is 611 g/mol. The molecule has 1 aromatic heterocycles. The van der Waals surface area contributed by atoms with Crippen molar-refractivity contribution in [3.8, 4) is 11.8 Å². The number of rotatable bonds is 12. The highest BCUT2D eigenvalue weighted by molar-refractivity contribution is 9.10. The number of hydrogen-bond acceptors (Lipinski definition) is 7. The summed E-state index contributed by atoms with van der Waals surface area (Å²) in [7, 11) is 4.11. The summed E-state index contributed by atoms with van der Waals surface area (Å²) in [5.74, 6) is 1.64. The van der Waals surface area contributed by atoms with Crippen molar-refractivity contribution < 1.29 is 14.3 Å². The number of carbonyl (C=O) groups is 1. The van der Waals surface area contributed by atoms with E-state index in [1.165, 1.54) is 5.56 Å². The molecule has 40 heavy (non-hydrogen) atoms. The van der Waals surface area contributed by atoms with Gasteiger partial charge in [-0.1, -0.05) is 44.2 Å². The minimum absolute atomic E-state index is 0.00858. The fourth-order valence-corrected chi connectivity index (χ4v) is 6.29. The van der Waals surface area contributed by atoms with Gasteiger partial charge in [-0.15, -0.1) is 0 Å². The van der Waals surface area contributed by atoms with Crippen LogP contribution in [0.2, 0.25) is 0 Å². The number of aromatic nitrogens is 2. The predicted molar refractivity (Wildman–Crippen MR) is 162 cm³/mol. The van der Waals surface area contributed by atoms with Crippen LogP contribution in [0.15, 0.2) is 40.9 Å². The maximum absolute atomic E-state index is 11.8. The van der Waals surface area contributed by atoms with E-state index in [-0.39, 0.29) is 29.9 Å². The van der Waals surface area contributed by atoms with E-state index in [0.717, 1.165) is 53.6 Å². The summed E-state index contributed by atoms with van der Waals surface area (Å²) in [4.78, 5) is 26.0. The second-order valence-electron chi connectivity index (χ2n) is 12.3. The van der Waals surface area contributed by atoms with Gasteiger partial charge in [0.2, 0.25) is 5.91 Å². The van der Waals surface area contributed by atoms with Crippen molar-refractivity contribution in [3.63, 3.8) is 0 Å². The van der Waals surface area contributed by atoms with E-state index >= 15 is 0 Å². The zero-order valence-electron chi connectivity index (χ0n) is 24.1. The molecule has 1 aliphatic carbocycles. The third-order valence-corrected chi connectivity index (χ3v) is 8.46. The highest BCUT2D eigenvalue weighted by atomic mass is 79.9. The quantitative estimate of drug-likeness (QED) is 0.276. The number of hydrogen-bond donors (Lipinski definition) is 1. The number of fused-ring (bicyclic) bond motifs is 1. The van der Waals surface area contributed by atoms with Crippen LogP contribution in [0.1, 0.15) is 69.6 Å². The minimum atomic E-state index is -0.308. The van der Waals surface area contributed by atoms with Crippen LogP contribution >= 0.6 is 15.9 Å². The fourth-order valence-electron chi connectivity index (χ4n) is 5.57. The maximum Gasteiger partial charge on any atom is 0.319 e. The van der Waals surface area contributed by atoms with Gasteiger partial charge in [0.1, 0.15) is 17.4 Å². The molecule has 2 heterocycles. The molecule has 1 saturated carbocycles. The fraction of sp³-hybridized carbons (Fsp3) is 0.516. The van der Waals surface area contributed by atoms with E-state index in [2.05, 4.69) is 78.8 Å². The number of ether oxygens (including phenoxy) is 2. The number of amides is 1. The van der Waals surface area contributed by atoms with Crippen molar-refractivity contribution in [2.24, 2.45) is 11.1 Å². The standard InChI is InChI=1S/C31H40BrN5O3/c1-19(20-9-7-6-8-10-20)40-28-26(32)23(21-11-12-21)16-24-27(28)34-30(39-18-31(2,3)17-36(4)5)35-29(24)37-14-13-22(37)15-25(33)38/h6-10,16,19,21-22H,11-15,17-18H2,1-5H3,(H2,33,38)/t19-,22-/m0/s1. The summed E-state index contributed by atoms with van der Waals surface area (Å²) in [6, 6.07) is 12.7. The SMILES string of the molecule is C[C@H](Oc1c(Br)c(C2CC2)cc2c(N3CC[C@H]3CC(N)=O)nc(OCC(C)(C)CN(C)C)nc12)c1ccccc1. The molecule has 2 N–H and O–H groups in total. The zero-order chi connectivity index (χ0) is 28.6. The molecule has 0 spiro atoms. The van der Waals surface area contributed by atoms with Crippen LogP contribution in [0.4, 0.5) is 5.82 Å². The summed E-state index contributed by atoms with van der Waals surface area (Å²) in [5.41, 5.74) is 8.48. The van der Waals surface area contributed by atoms with Gasteiger partial charge in [-0.05, 0) is 79.3 Å². The number of nitrogens with zero attached hydrogens (tertiary/aromatic N) is 4. The topological polar surface area (TPSA) is 93.8 Å². The average Bonchev–Trinajstić information content (AvgIpc) is 3.72. The van der Waals surface area contributed by atoms with Crippen LogP contribution in [0.5, 0.6) is 11.8 Å². The summed E-state index contributed by atoms with van der Waals surface area (Å²) in [6.07, 6.45) is 3.27. The Kier molecular flexibility index (Phi) is 8.25. The zero-order valence-corrected chi connectivity index (χ0v) is 25.7. The van der Waals surface area contributed by atoms with Gasteiger partial charge in [0, 0.05) is 36.4 Å². The molecule has 0 radical (unpaired) electrons. The first-order chi connectivity index (χ1) is 19.0. The molecule has 2 atom stereocenters. The molecule has 8 nitrogen and oxygen atoms in total. The molecule has 9 heteroatoms.